The lowest BCUT2D eigenvalue weighted by atomic mass is 10.2. The lowest BCUT2D eigenvalue weighted by Gasteiger charge is -1.99. The highest BCUT2D eigenvalue weighted by atomic mass is 16.5. The fourth-order valence-electron chi connectivity index (χ4n) is 0.920. The molecule has 0 aromatic heterocycles. The van der Waals surface area contributed by atoms with Crippen LogP contribution in [0.4, 0.5) is 0 Å². The van der Waals surface area contributed by atoms with Crippen molar-refractivity contribution in [3.63, 3.8) is 0 Å². The van der Waals surface area contributed by atoms with E-state index in [0.717, 1.165) is 5.56 Å². The van der Waals surface area contributed by atoms with Crippen LogP contribution in [0, 0.1) is 11.3 Å². The van der Waals surface area contributed by atoms with E-state index in [2.05, 4.69) is 0 Å². The summed E-state index contributed by atoms with van der Waals surface area (Å²) in [7, 11) is 0. The quantitative estimate of drug-likeness (QED) is 0.517. The number of allylic oxidation sites excluding steroid dienone is 1. The molecule has 0 amide bonds. The molecule has 2 nitrogen and oxygen atoms in total. The maximum absolute atomic E-state index is 8.19. The number of nitriles is 1. The van der Waals surface area contributed by atoms with Gasteiger partial charge in [-0.2, -0.15) is 5.26 Å². The van der Waals surface area contributed by atoms with Crippen LogP contribution in [0.15, 0.2) is 42.5 Å². The van der Waals surface area contributed by atoms with E-state index < -0.39 is 0 Å². The molecular weight excluding hydrogens is 162 g/mol. The van der Waals surface area contributed by atoms with E-state index >= 15 is 0 Å². The molecule has 0 N–H and O–H groups in total. The summed E-state index contributed by atoms with van der Waals surface area (Å²) in [6, 6.07) is 11.8. The van der Waals surface area contributed by atoms with Crippen LogP contribution >= 0.6 is 0 Å². The minimum Gasteiger partial charge on any atom is -0.373 e. The second-order valence-electron chi connectivity index (χ2n) is 2.53. The molecule has 0 spiro atoms. The fourth-order valence-corrected chi connectivity index (χ4v) is 0.920. The monoisotopic (exact) mass is 173 g/mol. The van der Waals surface area contributed by atoms with Gasteiger partial charge in [-0.05, 0) is 11.6 Å². The van der Waals surface area contributed by atoms with E-state index in [1.807, 2.05) is 36.4 Å². The Labute approximate surface area is 78.1 Å². The molecular formula is C11H11NO. The van der Waals surface area contributed by atoms with Crippen LogP contribution in [0.2, 0.25) is 0 Å². The molecule has 1 rings (SSSR count). The van der Waals surface area contributed by atoms with Gasteiger partial charge < -0.3 is 4.74 Å². The highest BCUT2D eigenvalue weighted by Crippen LogP contribution is 1.99. The standard InChI is InChI=1S/C11H11NO/c12-8-4-5-9-13-10-11-6-2-1-3-7-11/h1-7H,9-10H2. The second kappa shape index (κ2) is 5.99. The first-order chi connectivity index (χ1) is 6.43. The van der Waals surface area contributed by atoms with Gasteiger partial charge >= 0.3 is 0 Å². The molecule has 0 atom stereocenters. The highest BCUT2D eigenvalue weighted by molar-refractivity contribution is 5.13. The second-order valence-corrected chi connectivity index (χ2v) is 2.53. The summed E-state index contributed by atoms with van der Waals surface area (Å²) in [6.45, 7) is 1.08. The zero-order valence-electron chi connectivity index (χ0n) is 7.31. The molecule has 2 heteroatoms. The van der Waals surface area contributed by atoms with Crippen molar-refractivity contribution in [2.75, 3.05) is 6.61 Å². The van der Waals surface area contributed by atoms with Gasteiger partial charge in [0.25, 0.3) is 0 Å². The summed E-state index contributed by atoms with van der Waals surface area (Å²) < 4.78 is 5.28. The first-order valence-corrected chi connectivity index (χ1v) is 4.10. The third-order valence-electron chi connectivity index (χ3n) is 1.52. The van der Waals surface area contributed by atoms with Gasteiger partial charge in [-0.25, -0.2) is 0 Å². The fraction of sp³-hybridized carbons (Fsp3) is 0.182. The van der Waals surface area contributed by atoms with Gasteiger partial charge in [0.15, 0.2) is 0 Å². The van der Waals surface area contributed by atoms with E-state index in [1.165, 1.54) is 6.08 Å². The van der Waals surface area contributed by atoms with E-state index in [4.69, 9.17) is 10.00 Å². The SMILES string of the molecule is N#CC=CCOCc1ccccc1. The molecule has 0 fully saturated rings. The van der Waals surface area contributed by atoms with Crippen LogP contribution < -0.4 is 0 Å². The average Bonchev–Trinajstić information content (AvgIpc) is 2.19. The van der Waals surface area contributed by atoms with Crippen molar-refractivity contribution in [1.82, 2.24) is 0 Å². The molecule has 0 unspecified atom stereocenters. The van der Waals surface area contributed by atoms with Crippen molar-refractivity contribution in [2.24, 2.45) is 0 Å². The summed E-state index contributed by atoms with van der Waals surface area (Å²) in [5.41, 5.74) is 1.15. The zero-order valence-corrected chi connectivity index (χ0v) is 7.31. The maximum atomic E-state index is 8.19. The Morgan fingerprint density at radius 1 is 1.31 bits per heavy atom. The summed E-state index contributed by atoms with van der Waals surface area (Å²) in [5.74, 6) is 0. The first-order valence-electron chi connectivity index (χ1n) is 4.10. The Kier molecular flexibility index (Phi) is 4.37. The van der Waals surface area contributed by atoms with Crippen LogP contribution in [0.3, 0.4) is 0 Å². The van der Waals surface area contributed by atoms with Crippen LogP contribution in [0.25, 0.3) is 0 Å². The Bertz CT molecular complexity index is 298. The van der Waals surface area contributed by atoms with Gasteiger partial charge in [-0.3, -0.25) is 0 Å². The van der Waals surface area contributed by atoms with Crippen LogP contribution in [0.1, 0.15) is 5.56 Å². The minimum absolute atomic E-state index is 0.489. The van der Waals surface area contributed by atoms with Crippen molar-refractivity contribution < 1.29 is 4.74 Å². The average molecular weight is 173 g/mol. The maximum Gasteiger partial charge on any atom is 0.0909 e. The molecule has 0 aliphatic carbocycles. The summed E-state index contributed by atoms with van der Waals surface area (Å²) in [4.78, 5) is 0. The molecule has 0 aliphatic heterocycles. The third kappa shape index (κ3) is 4.09. The molecule has 66 valence electrons. The number of hydrogen-bond acceptors (Lipinski definition) is 2. The van der Waals surface area contributed by atoms with E-state index in [-0.39, 0.29) is 0 Å². The van der Waals surface area contributed by atoms with Gasteiger partial charge in [-0.15, -0.1) is 0 Å². The number of benzene rings is 1. The Hall–Kier alpha value is -1.59. The largest absolute Gasteiger partial charge is 0.373 e. The predicted octanol–water partition coefficient (Wildman–Crippen LogP) is 2.28. The molecule has 0 heterocycles. The molecule has 1 aromatic carbocycles. The highest BCUT2D eigenvalue weighted by Gasteiger charge is 1.88. The molecule has 0 saturated heterocycles. The number of ether oxygens (including phenoxy) is 1. The Morgan fingerprint density at radius 2 is 2.08 bits per heavy atom. The van der Waals surface area contributed by atoms with E-state index in [0.29, 0.717) is 13.2 Å². The Balaban J connectivity index is 2.21. The lowest BCUT2D eigenvalue weighted by molar-refractivity contribution is 0.149. The Morgan fingerprint density at radius 3 is 2.77 bits per heavy atom. The van der Waals surface area contributed by atoms with Gasteiger partial charge in [0, 0.05) is 6.08 Å². The molecule has 0 bridgehead atoms. The number of rotatable bonds is 4. The van der Waals surface area contributed by atoms with Gasteiger partial charge in [-0.1, -0.05) is 30.3 Å². The van der Waals surface area contributed by atoms with Crippen LogP contribution in [0.5, 0.6) is 0 Å². The minimum atomic E-state index is 0.489. The molecule has 1 aromatic rings. The van der Waals surface area contributed by atoms with Gasteiger partial charge in [0.1, 0.15) is 0 Å². The van der Waals surface area contributed by atoms with E-state index in [9.17, 15) is 0 Å². The van der Waals surface area contributed by atoms with Crippen molar-refractivity contribution in [2.45, 2.75) is 6.61 Å². The van der Waals surface area contributed by atoms with Crippen molar-refractivity contribution in [3.05, 3.63) is 48.0 Å². The molecule has 0 saturated carbocycles. The van der Waals surface area contributed by atoms with Gasteiger partial charge in [0.2, 0.25) is 0 Å². The molecule has 0 aliphatic rings. The number of hydrogen-bond donors (Lipinski definition) is 0. The summed E-state index contributed by atoms with van der Waals surface area (Å²) >= 11 is 0. The zero-order chi connectivity index (χ0) is 9.36. The van der Waals surface area contributed by atoms with Crippen molar-refractivity contribution in [3.8, 4) is 6.07 Å². The van der Waals surface area contributed by atoms with Gasteiger partial charge in [0.05, 0.1) is 19.3 Å². The lowest BCUT2D eigenvalue weighted by Crippen LogP contribution is -1.91. The van der Waals surface area contributed by atoms with E-state index in [1.54, 1.807) is 6.08 Å². The van der Waals surface area contributed by atoms with Crippen LogP contribution in [-0.2, 0) is 11.3 Å². The third-order valence-corrected chi connectivity index (χ3v) is 1.52. The normalized spacial score (nSPS) is 10.1. The van der Waals surface area contributed by atoms with Crippen LogP contribution in [-0.4, -0.2) is 6.61 Å². The number of nitrogens with zero attached hydrogens (tertiary/aromatic N) is 1. The van der Waals surface area contributed by atoms with Crippen molar-refractivity contribution in [1.29, 1.82) is 5.26 Å². The predicted molar refractivity (Wildman–Crippen MR) is 50.9 cm³/mol. The first kappa shape index (κ1) is 9.50. The smallest absolute Gasteiger partial charge is 0.0909 e. The van der Waals surface area contributed by atoms with Crippen molar-refractivity contribution >= 4 is 0 Å². The summed E-state index contributed by atoms with van der Waals surface area (Å²) in [6.07, 6.45) is 3.12. The topological polar surface area (TPSA) is 33.0 Å². The molecule has 13 heavy (non-hydrogen) atoms. The molecule has 0 radical (unpaired) electrons. The summed E-state index contributed by atoms with van der Waals surface area (Å²) in [5, 5.41) is 8.19.